The molecule has 0 bridgehead atoms. The van der Waals surface area contributed by atoms with Gasteiger partial charge in [0.25, 0.3) is 0 Å². The molecular formula is C15H22N4O. The number of carbonyl (C=O) groups is 1. The molecule has 3 heterocycles. The topological polar surface area (TPSA) is 48.5 Å². The van der Waals surface area contributed by atoms with Gasteiger partial charge in [-0.05, 0) is 18.1 Å². The van der Waals surface area contributed by atoms with Gasteiger partial charge in [0.05, 0.1) is 0 Å². The highest BCUT2D eigenvalue weighted by molar-refractivity contribution is 5.78. The second-order valence-corrected chi connectivity index (χ2v) is 5.53. The number of nitrogens with one attached hydrogen (secondary N) is 1. The predicted octanol–water partition coefficient (Wildman–Crippen LogP) is 0.650. The molecular weight excluding hydrogens is 252 g/mol. The Bertz CT molecular complexity index is 450. The SMILES string of the molecule is O=C1CCCN1CCN1CCNCC1c1cccnc1. The van der Waals surface area contributed by atoms with Crippen LogP contribution in [0.25, 0.3) is 0 Å². The van der Waals surface area contributed by atoms with Gasteiger partial charge in [0.2, 0.25) is 5.91 Å². The lowest BCUT2D eigenvalue weighted by Gasteiger charge is -2.37. The van der Waals surface area contributed by atoms with Crippen molar-refractivity contribution in [2.45, 2.75) is 18.9 Å². The molecule has 1 aromatic heterocycles. The number of nitrogens with zero attached hydrogens (tertiary/aromatic N) is 3. The van der Waals surface area contributed by atoms with E-state index in [1.165, 1.54) is 5.56 Å². The van der Waals surface area contributed by atoms with Gasteiger partial charge in [0.1, 0.15) is 0 Å². The Hall–Kier alpha value is -1.46. The van der Waals surface area contributed by atoms with Gasteiger partial charge >= 0.3 is 0 Å². The van der Waals surface area contributed by atoms with E-state index < -0.39 is 0 Å². The van der Waals surface area contributed by atoms with Crippen LogP contribution in [-0.4, -0.2) is 60.0 Å². The standard InChI is InChI=1S/C15H22N4O/c20-15-4-2-7-19(15)10-9-18-8-6-17-12-14(18)13-3-1-5-16-11-13/h1,3,5,11,14,17H,2,4,6-10,12H2. The minimum Gasteiger partial charge on any atom is -0.341 e. The molecule has 2 saturated heterocycles. The van der Waals surface area contributed by atoms with Crippen molar-refractivity contribution in [3.05, 3.63) is 30.1 Å². The molecule has 1 atom stereocenters. The maximum absolute atomic E-state index is 11.7. The fourth-order valence-corrected chi connectivity index (χ4v) is 3.11. The van der Waals surface area contributed by atoms with Gasteiger partial charge in [0.15, 0.2) is 0 Å². The van der Waals surface area contributed by atoms with E-state index in [2.05, 4.69) is 21.3 Å². The van der Waals surface area contributed by atoms with Crippen molar-refractivity contribution in [2.75, 3.05) is 39.3 Å². The molecule has 0 radical (unpaired) electrons. The summed E-state index contributed by atoms with van der Waals surface area (Å²) in [6.07, 6.45) is 5.51. The van der Waals surface area contributed by atoms with Crippen LogP contribution >= 0.6 is 0 Å². The van der Waals surface area contributed by atoms with Gasteiger partial charge in [0, 0.05) is 64.1 Å². The molecule has 2 fully saturated rings. The third-order valence-electron chi connectivity index (χ3n) is 4.25. The summed E-state index contributed by atoms with van der Waals surface area (Å²) in [5.74, 6) is 0.318. The molecule has 1 unspecified atom stereocenters. The van der Waals surface area contributed by atoms with Crippen molar-refractivity contribution < 1.29 is 4.79 Å². The molecule has 3 rings (SSSR count). The third kappa shape index (κ3) is 2.99. The van der Waals surface area contributed by atoms with Crippen LogP contribution in [0.5, 0.6) is 0 Å². The Labute approximate surface area is 120 Å². The monoisotopic (exact) mass is 274 g/mol. The van der Waals surface area contributed by atoms with Crippen molar-refractivity contribution in [1.29, 1.82) is 0 Å². The Morgan fingerprint density at radius 2 is 2.30 bits per heavy atom. The molecule has 0 saturated carbocycles. The molecule has 1 aromatic rings. The lowest BCUT2D eigenvalue weighted by atomic mass is 10.1. The first-order valence-electron chi connectivity index (χ1n) is 7.47. The van der Waals surface area contributed by atoms with E-state index in [0.717, 1.165) is 52.1 Å². The summed E-state index contributed by atoms with van der Waals surface area (Å²) in [4.78, 5) is 20.4. The van der Waals surface area contributed by atoms with Crippen LogP contribution in [0, 0.1) is 0 Å². The summed E-state index contributed by atoms with van der Waals surface area (Å²) in [6.45, 7) is 5.75. The summed E-state index contributed by atoms with van der Waals surface area (Å²) in [5.41, 5.74) is 1.26. The number of piperazine rings is 1. The Kier molecular flexibility index (Phi) is 4.28. The van der Waals surface area contributed by atoms with E-state index in [0.29, 0.717) is 11.9 Å². The highest BCUT2D eigenvalue weighted by Crippen LogP contribution is 2.21. The Balaban J connectivity index is 1.62. The number of likely N-dealkylation sites (tertiary alicyclic amines) is 1. The van der Waals surface area contributed by atoms with Crippen molar-refractivity contribution in [3.63, 3.8) is 0 Å². The molecule has 2 aliphatic rings. The summed E-state index contributed by atoms with van der Waals surface area (Å²) < 4.78 is 0. The van der Waals surface area contributed by atoms with Gasteiger partial charge in [-0.2, -0.15) is 0 Å². The molecule has 2 aliphatic heterocycles. The minimum absolute atomic E-state index is 0.318. The zero-order valence-electron chi connectivity index (χ0n) is 11.8. The van der Waals surface area contributed by atoms with E-state index in [1.807, 2.05) is 23.4 Å². The first-order valence-corrected chi connectivity index (χ1v) is 7.47. The molecule has 5 heteroatoms. The molecule has 0 aliphatic carbocycles. The minimum atomic E-state index is 0.318. The van der Waals surface area contributed by atoms with Gasteiger partial charge in [-0.3, -0.25) is 14.7 Å². The van der Waals surface area contributed by atoms with E-state index in [9.17, 15) is 4.79 Å². The molecule has 0 spiro atoms. The Morgan fingerprint density at radius 3 is 3.05 bits per heavy atom. The van der Waals surface area contributed by atoms with Crippen LogP contribution in [0.4, 0.5) is 0 Å². The summed E-state index contributed by atoms with van der Waals surface area (Å²) in [5, 5.41) is 3.45. The second kappa shape index (κ2) is 6.33. The highest BCUT2D eigenvalue weighted by atomic mass is 16.2. The van der Waals surface area contributed by atoms with Gasteiger partial charge in [-0.25, -0.2) is 0 Å². The summed E-state index contributed by atoms with van der Waals surface area (Å²) in [7, 11) is 0. The number of hydrogen-bond acceptors (Lipinski definition) is 4. The summed E-state index contributed by atoms with van der Waals surface area (Å²) >= 11 is 0. The van der Waals surface area contributed by atoms with E-state index >= 15 is 0 Å². The van der Waals surface area contributed by atoms with Crippen molar-refractivity contribution >= 4 is 5.91 Å². The largest absolute Gasteiger partial charge is 0.341 e. The number of pyridine rings is 1. The van der Waals surface area contributed by atoms with Crippen LogP contribution in [-0.2, 0) is 4.79 Å². The van der Waals surface area contributed by atoms with Crippen molar-refractivity contribution in [3.8, 4) is 0 Å². The predicted molar refractivity (Wildman–Crippen MR) is 77.2 cm³/mol. The van der Waals surface area contributed by atoms with Crippen LogP contribution in [0.1, 0.15) is 24.4 Å². The zero-order chi connectivity index (χ0) is 13.8. The first-order chi connectivity index (χ1) is 9.84. The van der Waals surface area contributed by atoms with Crippen molar-refractivity contribution in [1.82, 2.24) is 20.1 Å². The van der Waals surface area contributed by atoms with Crippen LogP contribution in [0.2, 0.25) is 0 Å². The van der Waals surface area contributed by atoms with Crippen LogP contribution in [0.15, 0.2) is 24.5 Å². The van der Waals surface area contributed by atoms with Gasteiger partial charge < -0.3 is 10.2 Å². The zero-order valence-corrected chi connectivity index (χ0v) is 11.8. The lowest BCUT2D eigenvalue weighted by Crippen LogP contribution is -2.48. The fourth-order valence-electron chi connectivity index (χ4n) is 3.11. The third-order valence-corrected chi connectivity index (χ3v) is 4.25. The van der Waals surface area contributed by atoms with E-state index in [4.69, 9.17) is 0 Å². The molecule has 1 amide bonds. The van der Waals surface area contributed by atoms with E-state index in [-0.39, 0.29) is 0 Å². The maximum Gasteiger partial charge on any atom is 0.222 e. The number of aromatic nitrogens is 1. The normalized spacial score (nSPS) is 24.3. The average molecular weight is 274 g/mol. The maximum atomic E-state index is 11.7. The fraction of sp³-hybridized carbons (Fsp3) is 0.600. The smallest absolute Gasteiger partial charge is 0.222 e. The summed E-state index contributed by atoms with van der Waals surface area (Å²) in [6, 6.07) is 4.50. The average Bonchev–Trinajstić information content (AvgIpc) is 2.92. The first kappa shape index (κ1) is 13.5. The molecule has 108 valence electrons. The Morgan fingerprint density at radius 1 is 1.35 bits per heavy atom. The number of rotatable bonds is 4. The van der Waals surface area contributed by atoms with E-state index in [1.54, 1.807) is 0 Å². The molecule has 20 heavy (non-hydrogen) atoms. The second-order valence-electron chi connectivity index (χ2n) is 5.53. The molecule has 1 N–H and O–H groups in total. The number of carbonyl (C=O) groups excluding carboxylic acids is 1. The van der Waals surface area contributed by atoms with Gasteiger partial charge in [-0.15, -0.1) is 0 Å². The quantitative estimate of drug-likeness (QED) is 0.876. The van der Waals surface area contributed by atoms with Gasteiger partial charge in [-0.1, -0.05) is 6.07 Å². The molecule has 0 aromatic carbocycles. The number of amides is 1. The number of hydrogen-bond donors (Lipinski definition) is 1. The molecule has 5 nitrogen and oxygen atoms in total. The van der Waals surface area contributed by atoms with Crippen LogP contribution in [0.3, 0.4) is 0 Å². The van der Waals surface area contributed by atoms with Crippen LogP contribution < -0.4 is 5.32 Å². The van der Waals surface area contributed by atoms with Crippen molar-refractivity contribution in [2.24, 2.45) is 0 Å². The lowest BCUT2D eigenvalue weighted by molar-refractivity contribution is -0.127. The highest BCUT2D eigenvalue weighted by Gasteiger charge is 2.26.